The molecule has 1 aromatic heterocycles. The first kappa shape index (κ1) is 13.8. The van der Waals surface area contributed by atoms with Gasteiger partial charge in [0.15, 0.2) is 0 Å². The van der Waals surface area contributed by atoms with Crippen molar-refractivity contribution < 1.29 is 13.7 Å². The van der Waals surface area contributed by atoms with E-state index in [2.05, 4.69) is 15.3 Å². The fourth-order valence-electron chi connectivity index (χ4n) is 1.98. The zero-order chi connectivity index (χ0) is 15.7. The van der Waals surface area contributed by atoms with Gasteiger partial charge < -0.3 is 5.32 Å². The van der Waals surface area contributed by atoms with Crippen LogP contribution in [0.5, 0.6) is 0 Å². The number of nitro benzene ring substituents is 1. The standard InChI is InChI=1S/C14H8F2N4O2/c15-8-1-3-9(4-2-8)19-14-10-5-13(20(21)22)11(16)6-12(10)17-7-18-14/h1-7H,(H,17,18,19). The molecule has 3 rings (SSSR count). The Morgan fingerprint density at radius 2 is 1.82 bits per heavy atom. The highest BCUT2D eigenvalue weighted by atomic mass is 19.1. The Morgan fingerprint density at radius 1 is 1.09 bits per heavy atom. The molecule has 1 heterocycles. The highest BCUT2D eigenvalue weighted by molar-refractivity contribution is 5.92. The third-order valence-corrected chi connectivity index (χ3v) is 3.01. The van der Waals surface area contributed by atoms with Crippen LogP contribution in [-0.4, -0.2) is 14.9 Å². The van der Waals surface area contributed by atoms with Gasteiger partial charge in [0.2, 0.25) is 5.82 Å². The topological polar surface area (TPSA) is 81.0 Å². The molecule has 0 saturated heterocycles. The van der Waals surface area contributed by atoms with Gasteiger partial charge in [0.05, 0.1) is 15.8 Å². The first-order chi connectivity index (χ1) is 10.5. The number of halogens is 2. The summed E-state index contributed by atoms with van der Waals surface area (Å²) in [5.41, 5.74) is 0.0977. The number of aromatic nitrogens is 2. The van der Waals surface area contributed by atoms with Crippen molar-refractivity contribution in [1.82, 2.24) is 9.97 Å². The van der Waals surface area contributed by atoms with Crippen molar-refractivity contribution >= 4 is 28.1 Å². The Hall–Kier alpha value is -3.16. The van der Waals surface area contributed by atoms with E-state index in [1.807, 2.05) is 0 Å². The Bertz CT molecular complexity index is 869. The van der Waals surface area contributed by atoms with Gasteiger partial charge in [-0.15, -0.1) is 0 Å². The van der Waals surface area contributed by atoms with E-state index in [4.69, 9.17) is 0 Å². The molecule has 0 radical (unpaired) electrons. The number of hydrogen-bond acceptors (Lipinski definition) is 5. The molecule has 0 bridgehead atoms. The Morgan fingerprint density at radius 3 is 2.50 bits per heavy atom. The predicted octanol–water partition coefficient (Wildman–Crippen LogP) is 3.56. The lowest BCUT2D eigenvalue weighted by molar-refractivity contribution is -0.387. The van der Waals surface area contributed by atoms with E-state index in [0.717, 1.165) is 12.1 Å². The van der Waals surface area contributed by atoms with Gasteiger partial charge in [-0.1, -0.05) is 0 Å². The molecule has 0 aliphatic rings. The van der Waals surface area contributed by atoms with Crippen LogP contribution in [0, 0.1) is 21.7 Å². The summed E-state index contributed by atoms with van der Waals surface area (Å²) in [4.78, 5) is 17.9. The largest absolute Gasteiger partial charge is 0.340 e. The van der Waals surface area contributed by atoms with E-state index in [-0.39, 0.29) is 11.3 Å². The van der Waals surface area contributed by atoms with Gasteiger partial charge in [0, 0.05) is 17.8 Å². The monoisotopic (exact) mass is 302 g/mol. The summed E-state index contributed by atoms with van der Waals surface area (Å²) in [6.45, 7) is 0. The maximum atomic E-state index is 13.6. The fourth-order valence-corrected chi connectivity index (χ4v) is 1.98. The van der Waals surface area contributed by atoms with Crippen LogP contribution in [0.1, 0.15) is 0 Å². The molecule has 3 aromatic rings. The summed E-state index contributed by atoms with van der Waals surface area (Å²) >= 11 is 0. The van der Waals surface area contributed by atoms with Crippen molar-refractivity contribution in [2.75, 3.05) is 5.32 Å². The van der Waals surface area contributed by atoms with Gasteiger partial charge in [-0.3, -0.25) is 10.1 Å². The molecule has 110 valence electrons. The SMILES string of the molecule is O=[N+]([O-])c1cc2c(Nc3ccc(F)cc3)ncnc2cc1F. The first-order valence-electron chi connectivity index (χ1n) is 6.16. The number of fused-ring (bicyclic) bond motifs is 1. The van der Waals surface area contributed by atoms with Crippen LogP contribution >= 0.6 is 0 Å². The summed E-state index contributed by atoms with van der Waals surface area (Å²) in [5, 5.41) is 14.0. The summed E-state index contributed by atoms with van der Waals surface area (Å²) in [7, 11) is 0. The number of rotatable bonds is 3. The maximum Gasteiger partial charge on any atom is 0.305 e. The second-order valence-corrected chi connectivity index (χ2v) is 4.43. The molecular formula is C14H8F2N4O2. The van der Waals surface area contributed by atoms with E-state index in [9.17, 15) is 18.9 Å². The van der Waals surface area contributed by atoms with Gasteiger partial charge in [0.1, 0.15) is 18.0 Å². The molecule has 0 aliphatic heterocycles. The molecule has 0 saturated carbocycles. The molecule has 2 aromatic carbocycles. The molecule has 22 heavy (non-hydrogen) atoms. The van der Waals surface area contributed by atoms with Gasteiger partial charge >= 0.3 is 5.69 Å². The second-order valence-electron chi connectivity index (χ2n) is 4.43. The summed E-state index contributed by atoms with van der Waals surface area (Å²) in [6.07, 6.45) is 1.21. The van der Waals surface area contributed by atoms with Gasteiger partial charge in [-0.2, -0.15) is 4.39 Å². The van der Waals surface area contributed by atoms with E-state index in [0.29, 0.717) is 11.1 Å². The minimum absolute atomic E-state index is 0.225. The molecule has 6 nitrogen and oxygen atoms in total. The summed E-state index contributed by atoms with van der Waals surface area (Å²) in [6, 6.07) is 7.53. The molecule has 0 aliphatic carbocycles. The van der Waals surface area contributed by atoms with E-state index < -0.39 is 22.2 Å². The van der Waals surface area contributed by atoms with E-state index in [1.165, 1.54) is 30.6 Å². The highest BCUT2D eigenvalue weighted by Crippen LogP contribution is 2.28. The zero-order valence-corrected chi connectivity index (χ0v) is 11.0. The summed E-state index contributed by atoms with van der Waals surface area (Å²) < 4.78 is 26.5. The van der Waals surface area contributed by atoms with Gasteiger partial charge in [0.25, 0.3) is 0 Å². The van der Waals surface area contributed by atoms with Crippen LogP contribution in [0.3, 0.4) is 0 Å². The van der Waals surface area contributed by atoms with E-state index in [1.54, 1.807) is 0 Å². The van der Waals surface area contributed by atoms with Gasteiger partial charge in [-0.25, -0.2) is 14.4 Å². The third-order valence-electron chi connectivity index (χ3n) is 3.01. The Labute approximate surface area is 122 Å². The third kappa shape index (κ3) is 2.53. The van der Waals surface area contributed by atoms with Crippen LogP contribution in [0.15, 0.2) is 42.7 Å². The van der Waals surface area contributed by atoms with Crippen LogP contribution in [0.4, 0.5) is 26.0 Å². The van der Waals surface area contributed by atoms with Crippen molar-refractivity contribution in [2.24, 2.45) is 0 Å². The number of nitrogens with zero attached hydrogens (tertiary/aromatic N) is 3. The Kier molecular flexibility index (Phi) is 3.34. The highest BCUT2D eigenvalue weighted by Gasteiger charge is 2.17. The number of nitrogens with one attached hydrogen (secondary N) is 1. The number of hydrogen-bond donors (Lipinski definition) is 1. The summed E-state index contributed by atoms with van der Waals surface area (Å²) in [5.74, 6) is -1.10. The number of anilines is 2. The normalized spacial score (nSPS) is 10.6. The van der Waals surface area contributed by atoms with Crippen LogP contribution < -0.4 is 5.32 Å². The molecule has 8 heteroatoms. The van der Waals surface area contributed by atoms with Gasteiger partial charge in [-0.05, 0) is 24.3 Å². The predicted molar refractivity (Wildman–Crippen MR) is 75.8 cm³/mol. The van der Waals surface area contributed by atoms with Crippen LogP contribution in [0.2, 0.25) is 0 Å². The Balaban J connectivity index is 2.11. The van der Waals surface area contributed by atoms with Crippen LogP contribution in [0.25, 0.3) is 10.9 Å². The average molecular weight is 302 g/mol. The molecule has 0 unspecified atom stereocenters. The molecular weight excluding hydrogens is 294 g/mol. The number of nitro groups is 1. The fraction of sp³-hybridized carbons (Fsp3) is 0. The van der Waals surface area contributed by atoms with E-state index >= 15 is 0 Å². The van der Waals surface area contributed by atoms with Crippen molar-refractivity contribution in [3.05, 3.63) is 64.5 Å². The molecule has 0 spiro atoms. The molecule has 0 fully saturated rings. The van der Waals surface area contributed by atoms with Crippen molar-refractivity contribution in [1.29, 1.82) is 0 Å². The minimum atomic E-state index is -0.969. The average Bonchev–Trinajstić information content (AvgIpc) is 2.49. The van der Waals surface area contributed by atoms with Crippen molar-refractivity contribution in [2.45, 2.75) is 0 Å². The minimum Gasteiger partial charge on any atom is -0.340 e. The van der Waals surface area contributed by atoms with Crippen molar-refractivity contribution in [3.63, 3.8) is 0 Å². The lowest BCUT2D eigenvalue weighted by Crippen LogP contribution is -1.99. The van der Waals surface area contributed by atoms with Crippen LogP contribution in [-0.2, 0) is 0 Å². The lowest BCUT2D eigenvalue weighted by atomic mass is 10.2. The lowest BCUT2D eigenvalue weighted by Gasteiger charge is -2.08. The number of benzene rings is 2. The molecule has 0 atom stereocenters. The maximum absolute atomic E-state index is 13.6. The zero-order valence-electron chi connectivity index (χ0n) is 11.0. The quantitative estimate of drug-likeness (QED) is 0.591. The molecule has 0 amide bonds. The van der Waals surface area contributed by atoms with Crippen molar-refractivity contribution in [3.8, 4) is 0 Å². The molecule has 1 N–H and O–H groups in total. The first-order valence-corrected chi connectivity index (χ1v) is 6.16. The second kappa shape index (κ2) is 5.32. The smallest absolute Gasteiger partial charge is 0.305 e.